The molecule has 1 amide bonds. The zero-order chi connectivity index (χ0) is 13.5. The summed E-state index contributed by atoms with van der Waals surface area (Å²) in [7, 11) is 0. The molecule has 4 nitrogen and oxygen atoms in total. The fraction of sp³-hybridized carbons (Fsp3) is 0. The van der Waals surface area contributed by atoms with Crippen LogP contribution in [0.3, 0.4) is 0 Å². The van der Waals surface area contributed by atoms with E-state index in [1.54, 1.807) is 36.5 Å². The molecule has 2 aromatic rings. The van der Waals surface area contributed by atoms with Crippen LogP contribution in [0.1, 0.15) is 5.69 Å². The number of hydrogen-bond donors (Lipinski definition) is 1. The third-order valence-corrected chi connectivity index (χ3v) is 2.38. The summed E-state index contributed by atoms with van der Waals surface area (Å²) in [6.07, 6.45) is 3.06. The summed E-state index contributed by atoms with van der Waals surface area (Å²) >= 11 is 0. The van der Waals surface area contributed by atoms with Gasteiger partial charge < -0.3 is 5.32 Å². The molecule has 0 spiro atoms. The minimum Gasteiger partial charge on any atom is -0.321 e. The van der Waals surface area contributed by atoms with E-state index in [4.69, 9.17) is 5.26 Å². The maximum atomic E-state index is 11.9. The molecule has 0 radical (unpaired) electrons. The topological polar surface area (TPSA) is 65.8 Å². The number of hydrogen-bond acceptors (Lipinski definition) is 3. The van der Waals surface area contributed by atoms with Gasteiger partial charge in [-0.15, -0.1) is 0 Å². The van der Waals surface area contributed by atoms with Gasteiger partial charge in [0.1, 0.15) is 11.6 Å². The Labute approximate surface area is 111 Å². The Morgan fingerprint density at radius 2 is 1.89 bits per heavy atom. The number of nitriles is 1. The number of nitrogens with zero attached hydrogens (tertiary/aromatic N) is 2. The Morgan fingerprint density at radius 1 is 1.16 bits per heavy atom. The van der Waals surface area contributed by atoms with Crippen LogP contribution >= 0.6 is 0 Å². The molecule has 1 aromatic carbocycles. The number of benzene rings is 1. The van der Waals surface area contributed by atoms with Crippen molar-refractivity contribution in [1.82, 2.24) is 4.98 Å². The highest BCUT2D eigenvalue weighted by Crippen LogP contribution is 2.09. The molecule has 1 N–H and O–H groups in total. The summed E-state index contributed by atoms with van der Waals surface area (Å²) in [4.78, 5) is 16.0. The van der Waals surface area contributed by atoms with E-state index in [0.717, 1.165) is 0 Å². The monoisotopic (exact) mass is 249 g/mol. The van der Waals surface area contributed by atoms with Gasteiger partial charge in [-0.3, -0.25) is 9.78 Å². The van der Waals surface area contributed by atoms with E-state index in [9.17, 15) is 4.79 Å². The summed E-state index contributed by atoms with van der Waals surface area (Å²) in [5, 5.41) is 11.7. The molecule has 1 aromatic heterocycles. The normalized spacial score (nSPS) is 10.6. The predicted molar refractivity (Wildman–Crippen MR) is 72.9 cm³/mol. The van der Waals surface area contributed by atoms with Gasteiger partial charge in [0, 0.05) is 11.9 Å². The molecule has 0 saturated heterocycles. The van der Waals surface area contributed by atoms with Crippen molar-refractivity contribution in [2.45, 2.75) is 0 Å². The van der Waals surface area contributed by atoms with Crippen molar-refractivity contribution in [3.63, 3.8) is 0 Å². The molecule has 19 heavy (non-hydrogen) atoms. The second-order valence-corrected chi connectivity index (χ2v) is 3.74. The number of nitrogens with one attached hydrogen (secondary N) is 1. The Morgan fingerprint density at radius 3 is 2.53 bits per heavy atom. The number of rotatable bonds is 3. The van der Waals surface area contributed by atoms with E-state index in [2.05, 4.69) is 10.3 Å². The zero-order valence-electron chi connectivity index (χ0n) is 10.1. The van der Waals surface area contributed by atoms with Crippen LogP contribution in [0.25, 0.3) is 6.08 Å². The van der Waals surface area contributed by atoms with E-state index in [-0.39, 0.29) is 5.57 Å². The maximum absolute atomic E-state index is 11.9. The Balaban J connectivity index is 2.17. The van der Waals surface area contributed by atoms with E-state index in [0.29, 0.717) is 11.4 Å². The fourth-order valence-corrected chi connectivity index (χ4v) is 1.48. The first kappa shape index (κ1) is 12.5. The number of carbonyl (C=O) groups excluding carboxylic acids is 1. The number of pyridine rings is 1. The summed E-state index contributed by atoms with van der Waals surface area (Å²) in [6, 6.07) is 16.2. The molecule has 0 aliphatic rings. The second kappa shape index (κ2) is 6.12. The first-order valence-electron chi connectivity index (χ1n) is 5.69. The maximum Gasteiger partial charge on any atom is 0.266 e. The lowest BCUT2D eigenvalue weighted by molar-refractivity contribution is -0.112. The molecule has 4 heteroatoms. The second-order valence-electron chi connectivity index (χ2n) is 3.74. The van der Waals surface area contributed by atoms with E-state index in [1.165, 1.54) is 6.08 Å². The van der Waals surface area contributed by atoms with Crippen molar-refractivity contribution < 1.29 is 4.79 Å². The van der Waals surface area contributed by atoms with Crippen LogP contribution in [0, 0.1) is 11.3 Å². The highest BCUT2D eigenvalue weighted by molar-refractivity contribution is 6.09. The van der Waals surface area contributed by atoms with Crippen molar-refractivity contribution >= 4 is 17.7 Å². The molecule has 0 atom stereocenters. The van der Waals surface area contributed by atoms with Crippen molar-refractivity contribution in [3.8, 4) is 6.07 Å². The van der Waals surface area contributed by atoms with Gasteiger partial charge in [0.2, 0.25) is 0 Å². The van der Waals surface area contributed by atoms with Crippen LogP contribution in [0.15, 0.2) is 60.3 Å². The van der Waals surface area contributed by atoms with Gasteiger partial charge in [-0.2, -0.15) is 5.26 Å². The van der Waals surface area contributed by atoms with E-state index in [1.807, 2.05) is 24.3 Å². The van der Waals surface area contributed by atoms with Gasteiger partial charge in [-0.05, 0) is 30.3 Å². The molecular weight excluding hydrogens is 238 g/mol. The van der Waals surface area contributed by atoms with Crippen LogP contribution in [-0.2, 0) is 4.79 Å². The van der Waals surface area contributed by atoms with Crippen LogP contribution < -0.4 is 5.32 Å². The van der Waals surface area contributed by atoms with Gasteiger partial charge in [0.05, 0.1) is 5.69 Å². The minimum atomic E-state index is -0.445. The third kappa shape index (κ3) is 3.51. The van der Waals surface area contributed by atoms with E-state index >= 15 is 0 Å². The van der Waals surface area contributed by atoms with Gasteiger partial charge >= 0.3 is 0 Å². The van der Waals surface area contributed by atoms with Crippen LogP contribution in [-0.4, -0.2) is 10.9 Å². The van der Waals surface area contributed by atoms with Gasteiger partial charge in [-0.25, -0.2) is 0 Å². The molecule has 0 unspecified atom stereocenters. The molecule has 0 aliphatic heterocycles. The van der Waals surface area contributed by atoms with Gasteiger partial charge in [0.25, 0.3) is 5.91 Å². The molecule has 0 saturated carbocycles. The number of anilines is 1. The smallest absolute Gasteiger partial charge is 0.266 e. The quantitative estimate of drug-likeness (QED) is 0.671. The van der Waals surface area contributed by atoms with Gasteiger partial charge in [0.15, 0.2) is 0 Å². The number of amides is 1. The predicted octanol–water partition coefficient (Wildman–Crippen LogP) is 2.63. The standard InChI is InChI=1S/C15H11N3O/c16-11-12(10-14-8-4-5-9-17-14)15(19)18-13-6-2-1-3-7-13/h1-10H,(H,18,19)/b12-10+. The SMILES string of the molecule is N#C/C(=C\c1ccccn1)C(=O)Nc1ccccc1. The van der Waals surface area contributed by atoms with Gasteiger partial charge in [-0.1, -0.05) is 24.3 Å². The first-order valence-corrected chi connectivity index (χ1v) is 5.69. The molecular formula is C15H11N3O. The molecule has 2 rings (SSSR count). The Bertz CT molecular complexity index is 627. The van der Waals surface area contributed by atoms with Crippen molar-refractivity contribution in [2.75, 3.05) is 5.32 Å². The fourth-order valence-electron chi connectivity index (χ4n) is 1.48. The number of para-hydroxylation sites is 1. The van der Waals surface area contributed by atoms with Crippen LogP contribution in [0.4, 0.5) is 5.69 Å². The summed E-state index contributed by atoms with van der Waals surface area (Å²) in [5.74, 6) is -0.445. The zero-order valence-corrected chi connectivity index (χ0v) is 10.1. The van der Waals surface area contributed by atoms with Crippen molar-refractivity contribution in [2.24, 2.45) is 0 Å². The molecule has 1 heterocycles. The molecule has 0 aliphatic carbocycles. The van der Waals surface area contributed by atoms with Crippen LogP contribution in [0.5, 0.6) is 0 Å². The number of aromatic nitrogens is 1. The highest BCUT2D eigenvalue weighted by atomic mass is 16.1. The Kier molecular flexibility index (Phi) is 4.04. The van der Waals surface area contributed by atoms with E-state index < -0.39 is 5.91 Å². The average Bonchev–Trinajstić information content (AvgIpc) is 2.47. The highest BCUT2D eigenvalue weighted by Gasteiger charge is 2.09. The lowest BCUT2D eigenvalue weighted by Crippen LogP contribution is -2.13. The minimum absolute atomic E-state index is 0.0163. The lowest BCUT2D eigenvalue weighted by Gasteiger charge is -2.03. The van der Waals surface area contributed by atoms with Crippen LogP contribution in [0.2, 0.25) is 0 Å². The Hall–Kier alpha value is -2.93. The largest absolute Gasteiger partial charge is 0.321 e. The van der Waals surface area contributed by atoms with Crippen molar-refractivity contribution in [3.05, 3.63) is 66.0 Å². The summed E-state index contributed by atoms with van der Waals surface area (Å²) in [5.41, 5.74) is 1.24. The summed E-state index contributed by atoms with van der Waals surface area (Å²) in [6.45, 7) is 0. The summed E-state index contributed by atoms with van der Waals surface area (Å²) < 4.78 is 0. The molecule has 0 bridgehead atoms. The average molecular weight is 249 g/mol. The van der Waals surface area contributed by atoms with Crippen molar-refractivity contribution in [1.29, 1.82) is 5.26 Å². The molecule has 92 valence electrons. The number of carbonyl (C=O) groups is 1. The lowest BCUT2D eigenvalue weighted by atomic mass is 10.2. The molecule has 0 fully saturated rings. The first-order chi connectivity index (χ1) is 9.29. The third-order valence-electron chi connectivity index (χ3n) is 2.38.